The van der Waals surface area contributed by atoms with E-state index in [4.69, 9.17) is 5.11 Å². The van der Waals surface area contributed by atoms with Crippen LogP contribution in [0.15, 0.2) is 58.3 Å². The van der Waals surface area contributed by atoms with Crippen LogP contribution in [0.2, 0.25) is 0 Å². The number of nitrogens with zero attached hydrogens (tertiary/aromatic N) is 3. The Morgan fingerprint density at radius 2 is 1.76 bits per heavy atom. The van der Waals surface area contributed by atoms with E-state index in [1.54, 1.807) is 12.1 Å². The molecule has 2 aromatic rings. The number of hydrogen-bond acceptors (Lipinski definition) is 5. The summed E-state index contributed by atoms with van der Waals surface area (Å²) in [5.41, 5.74) is 0.807. The molecule has 0 aliphatic carbocycles. The summed E-state index contributed by atoms with van der Waals surface area (Å²) in [6, 6.07) is 14.7. The number of anilines is 1. The van der Waals surface area contributed by atoms with E-state index in [0.717, 1.165) is 10.6 Å². The second-order valence-corrected chi connectivity index (χ2v) is 6.70. The number of benzene rings is 2. The van der Waals surface area contributed by atoms with Crippen LogP contribution < -0.4 is 4.90 Å². The Morgan fingerprint density at radius 1 is 1.08 bits per heavy atom. The Labute approximate surface area is 149 Å². The van der Waals surface area contributed by atoms with Crippen LogP contribution in [-0.4, -0.2) is 47.2 Å². The van der Waals surface area contributed by atoms with Gasteiger partial charge in [-0.05, 0) is 24.3 Å². The maximum Gasteiger partial charge on any atom is 0.407 e. The van der Waals surface area contributed by atoms with Gasteiger partial charge in [0, 0.05) is 42.8 Å². The molecule has 2 aromatic carbocycles. The molecule has 7 nitrogen and oxygen atoms in total. The minimum Gasteiger partial charge on any atom is -0.465 e. The van der Waals surface area contributed by atoms with Gasteiger partial charge in [-0.2, -0.15) is 0 Å². The average molecular weight is 359 g/mol. The Kier molecular flexibility index (Phi) is 5.08. The number of amides is 1. The van der Waals surface area contributed by atoms with Crippen LogP contribution >= 0.6 is 11.8 Å². The molecule has 1 aliphatic rings. The van der Waals surface area contributed by atoms with E-state index in [1.807, 2.05) is 41.3 Å². The van der Waals surface area contributed by atoms with Gasteiger partial charge in [-0.1, -0.05) is 30.0 Å². The fourth-order valence-corrected chi connectivity index (χ4v) is 3.62. The molecule has 3 rings (SSSR count). The first kappa shape index (κ1) is 17.1. The summed E-state index contributed by atoms with van der Waals surface area (Å²) < 4.78 is 0. The van der Waals surface area contributed by atoms with Crippen LogP contribution in [0.25, 0.3) is 0 Å². The first-order chi connectivity index (χ1) is 12.0. The average Bonchev–Trinajstić information content (AvgIpc) is 2.63. The van der Waals surface area contributed by atoms with Gasteiger partial charge in [0.1, 0.15) is 0 Å². The van der Waals surface area contributed by atoms with E-state index in [-0.39, 0.29) is 10.6 Å². The van der Waals surface area contributed by atoms with Gasteiger partial charge in [0.2, 0.25) is 0 Å². The highest BCUT2D eigenvalue weighted by Gasteiger charge is 2.23. The Balaban J connectivity index is 1.80. The van der Waals surface area contributed by atoms with Crippen molar-refractivity contribution in [2.45, 2.75) is 9.79 Å². The van der Waals surface area contributed by atoms with Crippen molar-refractivity contribution in [2.75, 3.05) is 31.1 Å². The predicted molar refractivity (Wildman–Crippen MR) is 95.5 cm³/mol. The van der Waals surface area contributed by atoms with E-state index in [2.05, 4.69) is 0 Å². The quantitative estimate of drug-likeness (QED) is 0.664. The summed E-state index contributed by atoms with van der Waals surface area (Å²) >= 11 is 1.36. The van der Waals surface area contributed by atoms with Crippen LogP contribution in [0.3, 0.4) is 0 Å². The lowest BCUT2D eigenvalue weighted by atomic mass is 10.2. The van der Waals surface area contributed by atoms with Crippen molar-refractivity contribution in [3.63, 3.8) is 0 Å². The molecule has 0 bridgehead atoms. The zero-order valence-electron chi connectivity index (χ0n) is 13.4. The molecule has 8 heteroatoms. The molecule has 0 spiro atoms. The molecule has 25 heavy (non-hydrogen) atoms. The first-order valence-corrected chi connectivity index (χ1v) is 8.60. The maximum atomic E-state index is 11.5. The molecule has 0 radical (unpaired) electrons. The van der Waals surface area contributed by atoms with Crippen molar-refractivity contribution in [3.05, 3.63) is 58.6 Å². The highest BCUT2D eigenvalue weighted by Crippen LogP contribution is 2.37. The molecule has 1 aliphatic heterocycles. The number of carbonyl (C=O) groups is 1. The first-order valence-electron chi connectivity index (χ1n) is 7.79. The van der Waals surface area contributed by atoms with E-state index in [1.165, 1.54) is 16.7 Å². The topological polar surface area (TPSA) is 86.9 Å². The van der Waals surface area contributed by atoms with E-state index >= 15 is 0 Å². The lowest BCUT2D eigenvalue weighted by molar-refractivity contribution is -0.387. The molecule has 1 heterocycles. The summed E-state index contributed by atoms with van der Waals surface area (Å²) in [7, 11) is 0. The number of nitro groups is 1. The molecule has 0 atom stereocenters. The molecular weight excluding hydrogens is 342 g/mol. The molecule has 1 amide bonds. The highest BCUT2D eigenvalue weighted by atomic mass is 32.2. The van der Waals surface area contributed by atoms with Gasteiger partial charge in [-0.3, -0.25) is 10.1 Å². The lowest BCUT2D eigenvalue weighted by Crippen LogP contribution is -2.48. The Hall–Kier alpha value is -2.74. The summed E-state index contributed by atoms with van der Waals surface area (Å²) in [5, 5.41) is 20.5. The van der Waals surface area contributed by atoms with Gasteiger partial charge in [0.15, 0.2) is 0 Å². The van der Waals surface area contributed by atoms with Crippen molar-refractivity contribution in [2.24, 2.45) is 0 Å². The van der Waals surface area contributed by atoms with E-state index < -0.39 is 6.09 Å². The van der Waals surface area contributed by atoms with Crippen LogP contribution in [0, 0.1) is 10.1 Å². The third-order valence-corrected chi connectivity index (χ3v) is 5.10. The van der Waals surface area contributed by atoms with Crippen molar-refractivity contribution in [3.8, 4) is 0 Å². The van der Waals surface area contributed by atoms with Crippen LogP contribution in [0.5, 0.6) is 0 Å². The molecule has 0 saturated carbocycles. The van der Waals surface area contributed by atoms with Crippen molar-refractivity contribution < 1.29 is 14.8 Å². The summed E-state index contributed by atoms with van der Waals surface area (Å²) in [5.74, 6) is 0. The number of nitro benzene ring substituents is 1. The largest absolute Gasteiger partial charge is 0.465 e. The second kappa shape index (κ2) is 7.43. The number of rotatable bonds is 4. The van der Waals surface area contributed by atoms with Crippen LogP contribution in [-0.2, 0) is 0 Å². The molecule has 1 fully saturated rings. The molecule has 1 saturated heterocycles. The minimum atomic E-state index is -0.930. The fraction of sp³-hybridized carbons (Fsp3) is 0.235. The van der Waals surface area contributed by atoms with E-state index in [9.17, 15) is 14.9 Å². The summed E-state index contributed by atoms with van der Waals surface area (Å²) in [6.07, 6.45) is -0.930. The van der Waals surface area contributed by atoms with Gasteiger partial charge in [0.05, 0.1) is 9.82 Å². The summed E-state index contributed by atoms with van der Waals surface area (Å²) in [4.78, 5) is 26.9. The zero-order chi connectivity index (χ0) is 17.8. The maximum absolute atomic E-state index is 11.5. The second-order valence-electron chi connectivity index (χ2n) is 5.58. The molecule has 1 N–H and O–H groups in total. The Morgan fingerprint density at radius 3 is 2.36 bits per heavy atom. The smallest absolute Gasteiger partial charge is 0.407 e. The lowest BCUT2D eigenvalue weighted by Gasteiger charge is -2.34. The van der Waals surface area contributed by atoms with Gasteiger partial charge < -0.3 is 14.9 Å². The van der Waals surface area contributed by atoms with Gasteiger partial charge in [-0.15, -0.1) is 0 Å². The highest BCUT2D eigenvalue weighted by molar-refractivity contribution is 7.99. The third-order valence-electron chi connectivity index (χ3n) is 4.03. The monoisotopic (exact) mass is 359 g/mol. The van der Waals surface area contributed by atoms with Crippen molar-refractivity contribution in [1.29, 1.82) is 0 Å². The SMILES string of the molecule is O=C(O)N1CCN(c2ccc(Sc3ccccc3)c([N+](=O)[O-])c2)CC1. The normalized spacial score (nSPS) is 14.4. The molecule has 0 aromatic heterocycles. The van der Waals surface area contributed by atoms with Gasteiger partial charge >= 0.3 is 6.09 Å². The standard InChI is InChI=1S/C17H17N3O4S/c21-17(22)19-10-8-18(9-11-19)13-6-7-16(15(12-13)20(23)24)25-14-4-2-1-3-5-14/h1-7,12H,8-11H2,(H,21,22). The van der Waals surface area contributed by atoms with Gasteiger partial charge in [0.25, 0.3) is 5.69 Å². The predicted octanol–water partition coefficient (Wildman–Crippen LogP) is 3.55. The van der Waals surface area contributed by atoms with Crippen LogP contribution in [0.1, 0.15) is 0 Å². The van der Waals surface area contributed by atoms with Crippen molar-refractivity contribution >= 4 is 29.2 Å². The van der Waals surface area contributed by atoms with Gasteiger partial charge in [-0.25, -0.2) is 4.79 Å². The fourth-order valence-electron chi connectivity index (χ4n) is 2.70. The van der Waals surface area contributed by atoms with Crippen LogP contribution in [0.4, 0.5) is 16.2 Å². The van der Waals surface area contributed by atoms with Crippen molar-refractivity contribution in [1.82, 2.24) is 4.90 Å². The molecular formula is C17H17N3O4S. The third kappa shape index (κ3) is 4.03. The molecule has 0 unspecified atom stereocenters. The Bertz CT molecular complexity index is 777. The van der Waals surface area contributed by atoms with E-state index in [0.29, 0.717) is 31.1 Å². The minimum absolute atomic E-state index is 0.0621. The summed E-state index contributed by atoms with van der Waals surface area (Å²) in [6.45, 7) is 1.83. The molecule has 130 valence electrons. The zero-order valence-corrected chi connectivity index (χ0v) is 14.2. The number of hydrogen-bond donors (Lipinski definition) is 1. The number of carboxylic acid groups (broad SMARTS) is 1. The number of piperazine rings is 1.